The van der Waals surface area contributed by atoms with Crippen molar-refractivity contribution < 1.29 is 9.84 Å². The summed E-state index contributed by atoms with van der Waals surface area (Å²) in [5, 5.41) is 10.7. The van der Waals surface area contributed by atoms with E-state index in [0.29, 0.717) is 13.0 Å². The van der Waals surface area contributed by atoms with Gasteiger partial charge in [0, 0.05) is 11.7 Å². The second-order valence-corrected chi connectivity index (χ2v) is 8.00. The van der Waals surface area contributed by atoms with Gasteiger partial charge in [-0.15, -0.1) is 0 Å². The fraction of sp³-hybridized carbons (Fsp3) is 0.632. The number of phenols is 1. The van der Waals surface area contributed by atoms with Crippen LogP contribution < -0.4 is 4.74 Å². The van der Waals surface area contributed by atoms with E-state index in [4.69, 9.17) is 4.74 Å². The SMILES string of the molecule is CCCCCc1cc(O)c2c(c1)OC(C)(C)CC2=NCC(C)S. The molecule has 1 aliphatic heterocycles. The highest BCUT2D eigenvalue weighted by molar-refractivity contribution is 7.80. The normalized spacial score (nSPS) is 19.3. The van der Waals surface area contributed by atoms with Crippen molar-refractivity contribution in [2.24, 2.45) is 4.99 Å². The lowest BCUT2D eigenvalue weighted by molar-refractivity contribution is 0.110. The van der Waals surface area contributed by atoms with Crippen LogP contribution in [0.3, 0.4) is 0 Å². The standard InChI is InChI=1S/C19H29NO2S/c1-5-6-7-8-14-9-16(21)18-15(20-12-13(2)23)11-19(3,4)22-17(18)10-14/h9-10,13,21,23H,5-8,11-12H2,1-4H3. The molecule has 1 heterocycles. The molecule has 1 unspecified atom stereocenters. The number of thiol groups is 1. The van der Waals surface area contributed by atoms with Crippen LogP contribution in [-0.4, -0.2) is 28.2 Å². The van der Waals surface area contributed by atoms with Crippen LogP contribution in [0.2, 0.25) is 0 Å². The zero-order chi connectivity index (χ0) is 17.0. The van der Waals surface area contributed by atoms with Crippen molar-refractivity contribution in [3.63, 3.8) is 0 Å². The first kappa shape index (κ1) is 18.2. The summed E-state index contributed by atoms with van der Waals surface area (Å²) in [5.41, 5.74) is 2.52. The molecule has 0 radical (unpaired) electrons. The highest BCUT2D eigenvalue weighted by Crippen LogP contribution is 2.39. The van der Waals surface area contributed by atoms with Crippen LogP contribution in [-0.2, 0) is 6.42 Å². The van der Waals surface area contributed by atoms with Crippen molar-refractivity contribution in [1.29, 1.82) is 0 Å². The van der Waals surface area contributed by atoms with Gasteiger partial charge in [-0.05, 0) is 44.4 Å². The summed E-state index contributed by atoms with van der Waals surface area (Å²) in [6, 6.07) is 3.95. The van der Waals surface area contributed by atoms with E-state index in [1.54, 1.807) is 0 Å². The van der Waals surface area contributed by atoms with Crippen LogP contribution in [0.25, 0.3) is 0 Å². The van der Waals surface area contributed by atoms with E-state index in [-0.39, 0.29) is 16.6 Å². The molecule has 1 N–H and O–H groups in total. The Balaban J connectivity index is 2.35. The minimum absolute atomic E-state index is 0.201. The lowest BCUT2D eigenvalue weighted by Crippen LogP contribution is -2.36. The number of rotatable bonds is 6. The van der Waals surface area contributed by atoms with E-state index < -0.39 is 0 Å². The van der Waals surface area contributed by atoms with Crippen molar-refractivity contribution >= 4 is 18.3 Å². The van der Waals surface area contributed by atoms with Crippen molar-refractivity contribution in [2.75, 3.05) is 6.54 Å². The highest BCUT2D eigenvalue weighted by atomic mass is 32.1. The third kappa shape index (κ3) is 4.90. The number of aromatic hydroxyl groups is 1. The van der Waals surface area contributed by atoms with Crippen molar-refractivity contribution in [3.8, 4) is 11.5 Å². The van der Waals surface area contributed by atoms with Crippen LogP contribution in [0, 0.1) is 0 Å². The quantitative estimate of drug-likeness (QED) is 0.579. The summed E-state index contributed by atoms with van der Waals surface area (Å²) >= 11 is 4.40. The van der Waals surface area contributed by atoms with Gasteiger partial charge in [0.25, 0.3) is 0 Å². The molecule has 4 heteroatoms. The molecule has 2 rings (SSSR count). The number of aliphatic imine (C=N–C) groups is 1. The van der Waals surface area contributed by atoms with Gasteiger partial charge in [0.1, 0.15) is 17.1 Å². The number of unbranched alkanes of at least 4 members (excludes halogenated alkanes) is 2. The van der Waals surface area contributed by atoms with Crippen LogP contribution in [0.1, 0.15) is 64.5 Å². The highest BCUT2D eigenvalue weighted by Gasteiger charge is 2.33. The molecule has 0 aliphatic carbocycles. The molecule has 1 atom stereocenters. The Labute approximate surface area is 145 Å². The first-order chi connectivity index (χ1) is 10.8. The summed E-state index contributed by atoms with van der Waals surface area (Å²) in [6.07, 6.45) is 5.20. The third-order valence-electron chi connectivity index (χ3n) is 4.02. The molecule has 1 aromatic carbocycles. The Morgan fingerprint density at radius 2 is 2.09 bits per heavy atom. The fourth-order valence-corrected chi connectivity index (χ4v) is 3.03. The molecule has 0 aromatic heterocycles. The molecule has 0 spiro atoms. The number of nitrogens with zero attached hydrogens (tertiary/aromatic N) is 1. The molecule has 0 saturated carbocycles. The lowest BCUT2D eigenvalue weighted by Gasteiger charge is -2.34. The fourth-order valence-electron chi connectivity index (χ4n) is 2.95. The molecule has 3 nitrogen and oxygen atoms in total. The number of ether oxygens (including phenoxy) is 1. The maximum absolute atomic E-state index is 10.5. The molecule has 23 heavy (non-hydrogen) atoms. The number of aryl methyl sites for hydroxylation is 1. The summed E-state index contributed by atoms with van der Waals surface area (Å²) in [5.74, 6) is 1.05. The number of fused-ring (bicyclic) bond motifs is 1. The van der Waals surface area contributed by atoms with Gasteiger partial charge in [-0.3, -0.25) is 4.99 Å². The Hall–Kier alpha value is -1.16. The summed E-state index contributed by atoms with van der Waals surface area (Å²) < 4.78 is 6.12. The Morgan fingerprint density at radius 3 is 2.74 bits per heavy atom. The average Bonchev–Trinajstić information content (AvgIpc) is 2.43. The van der Waals surface area contributed by atoms with Crippen LogP contribution in [0.15, 0.2) is 17.1 Å². The monoisotopic (exact) mass is 335 g/mol. The summed E-state index contributed by atoms with van der Waals surface area (Å²) in [7, 11) is 0. The van der Waals surface area contributed by atoms with Crippen molar-refractivity contribution in [3.05, 3.63) is 23.3 Å². The molecule has 1 aromatic rings. The van der Waals surface area contributed by atoms with Gasteiger partial charge in [0.15, 0.2) is 0 Å². The van der Waals surface area contributed by atoms with E-state index in [0.717, 1.165) is 35.4 Å². The van der Waals surface area contributed by atoms with Crippen molar-refractivity contribution in [1.82, 2.24) is 0 Å². The summed E-state index contributed by atoms with van der Waals surface area (Å²) in [6.45, 7) is 8.99. The van der Waals surface area contributed by atoms with E-state index >= 15 is 0 Å². The Morgan fingerprint density at radius 1 is 1.35 bits per heavy atom. The number of hydrogen-bond donors (Lipinski definition) is 2. The van der Waals surface area contributed by atoms with E-state index in [1.807, 2.05) is 13.0 Å². The molecule has 0 saturated heterocycles. The van der Waals surface area contributed by atoms with Crippen LogP contribution >= 0.6 is 12.6 Å². The second-order valence-electron chi connectivity index (χ2n) is 7.12. The predicted molar refractivity (Wildman–Crippen MR) is 101 cm³/mol. The van der Waals surface area contributed by atoms with Gasteiger partial charge in [-0.25, -0.2) is 0 Å². The van der Waals surface area contributed by atoms with Crippen molar-refractivity contribution in [2.45, 2.75) is 70.7 Å². The van der Waals surface area contributed by atoms with E-state index in [1.165, 1.54) is 12.8 Å². The Kier molecular flexibility index (Phi) is 6.01. The van der Waals surface area contributed by atoms with E-state index in [9.17, 15) is 5.11 Å². The van der Waals surface area contributed by atoms with Crippen LogP contribution in [0.4, 0.5) is 0 Å². The number of phenolic OH excluding ortho intramolecular Hbond substituents is 1. The zero-order valence-corrected chi connectivity index (χ0v) is 15.6. The molecule has 128 valence electrons. The molecular formula is C19H29NO2S. The minimum atomic E-state index is -0.305. The maximum atomic E-state index is 10.5. The van der Waals surface area contributed by atoms with Gasteiger partial charge < -0.3 is 9.84 Å². The summed E-state index contributed by atoms with van der Waals surface area (Å²) in [4.78, 5) is 4.69. The van der Waals surface area contributed by atoms with Gasteiger partial charge in [-0.2, -0.15) is 12.6 Å². The van der Waals surface area contributed by atoms with Gasteiger partial charge in [0.05, 0.1) is 17.8 Å². The minimum Gasteiger partial charge on any atom is -0.507 e. The molecule has 0 fully saturated rings. The predicted octanol–water partition coefficient (Wildman–Crippen LogP) is 4.79. The first-order valence-electron chi connectivity index (χ1n) is 8.59. The van der Waals surface area contributed by atoms with Gasteiger partial charge >= 0.3 is 0 Å². The number of hydrogen-bond acceptors (Lipinski definition) is 4. The Bertz CT molecular complexity index is 579. The third-order valence-corrected chi connectivity index (χ3v) is 4.19. The smallest absolute Gasteiger partial charge is 0.133 e. The molecule has 0 amide bonds. The van der Waals surface area contributed by atoms with Gasteiger partial charge in [-0.1, -0.05) is 26.7 Å². The molecular weight excluding hydrogens is 306 g/mol. The molecule has 0 bridgehead atoms. The zero-order valence-electron chi connectivity index (χ0n) is 14.7. The number of benzene rings is 1. The average molecular weight is 336 g/mol. The topological polar surface area (TPSA) is 41.8 Å². The maximum Gasteiger partial charge on any atom is 0.133 e. The largest absolute Gasteiger partial charge is 0.507 e. The van der Waals surface area contributed by atoms with E-state index in [2.05, 4.69) is 44.5 Å². The lowest BCUT2D eigenvalue weighted by atomic mass is 9.90. The van der Waals surface area contributed by atoms with Gasteiger partial charge in [0.2, 0.25) is 0 Å². The second kappa shape index (κ2) is 7.61. The molecule has 1 aliphatic rings. The van der Waals surface area contributed by atoms with Crippen LogP contribution in [0.5, 0.6) is 11.5 Å². The first-order valence-corrected chi connectivity index (χ1v) is 9.10.